The largest absolute Gasteiger partial charge is 0.475 e. The molecule has 0 radical (unpaired) electrons. The highest BCUT2D eigenvalue weighted by Gasteiger charge is 2.21. The third-order valence-electron chi connectivity index (χ3n) is 3.32. The number of hydrogen-bond acceptors (Lipinski definition) is 5. The Hall–Kier alpha value is -1.36. The fourth-order valence-electron chi connectivity index (χ4n) is 2.26. The standard InChI is InChI=1S/C14H23N3O2/c1-10(2)19-13-4-7-15-14(17-13)16-11(3)12-5-8-18-9-6-12/h4,7,10-12H,5-6,8-9H2,1-3H3,(H,15,16,17). The predicted octanol–water partition coefficient (Wildman–Crippen LogP) is 2.49. The fraction of sp³-hybridized carbons (Fsp3) is 0.714. The van der Waals surface area contributed by atoms with Gasteiger partial charge in [-0.05, 0) is 39.5 Å². The molecule has 1 aromatic heterocycles. The first-order chi connectivity index (χ1) is 9.15. The Morgan fingerprint density at radius 3 is 2.74 bits per heavy atom. The van der Waals surface area contributed by atoms with Gasteiger partial charge in [-0.25, -0.2) is 4.98 Å². The normalized spacial score (nSPS) is 18.3. The summed E-state index contributed by atoms with van der Waals surface area (Å²) in [6, 6.07) is 2.13. The molecule has 1 aliphatic rings. The van der Waals surface area contributed by atoms with Gasteiger partial charge in [0.15, 0.2) is 0 Å². The molecule has 19 heavy (non-hydrogen) atoms. The molecule has 0 aromatic carbocycles. The molecule has 106 valence electrons. The Bertz CT molecular complexity index is 392. The molecule has 2 heterocycles. The molecule has 0 bridgehead atoms. The van der Waals surface area contributed by atoms with Crippen LogP contribution in [0, 0.1) is 5.92 Å². The second kappa shape index (κ2) is 6.70. The second-order valence-electron chi connectivity index (χ2n) is 5.27. The quantitative estimate of drug-likeness (QED) is 0.886. The van der Waals surface area contributed by atoms with Crippen LogP contribution in [0.4, 0.5) is 5.95 Å². The van der Waals surface area contributed by atoms with Crippen LogP contribution >= 0.6 is 0 Å². The van der Waals surface area contributed by atoms with Crippen molar-refractivity contribution in [3.63, 3.8) is 0 Å². The SMILES string of the molecule is CC(C)Oc1ccnc(NC(C)C2CCOCC2)n1. The molecule has 2 rings (SSSR count). The van der Waals surface area contributed by atoms with Crippen LogP contribution < -0.4 is 10.1 Å². The van der Waals surface area contributed by atoms with Crippen molar-refractivity contribution in [3.8, 4) is 5.88 Å². The molecule has 1 aliphatic heterocycles. The highest BCUT2D eigenvalue weighted by Crippen LogP contribution is 2.21. The van der Waals surface area contributed by atoms with E-state index in [0.717, 1.165) is 26.1 Å². The number of hydrogen-bond donors (Lipinski definition) is 1. The summed E-state index contributed by atoms with van der Waals surface area (Å²) in [5, 5.41) is 3.37. The third-order valence-corrected chi connectivity index (χ3v) is 3.32. The number of aromatic nitrogens is 2. The van der Waals surface area contributed by atoms with Gasteiger partial charge in [0.05, 0.1) is 6.10 Å². The number of ether oxygens (including phenoxy) is 2. The molecule has 0 saturated carbocycles. The number of nitrogens with zero attached hydrogens (tertiary/aromatic N) is 2. The first kappa shape index (κ1) is 14.1. The number of nitrogens with one attached hydrogen (secondary N) is 1. The van der Waals surface area contributed by atoms with Gasteiger partial charge >= 0.3 is 0 Å². The van der Waals surface area contributed by atoms with Crippen molar-refractivity contribution in [1.82, 2.24) is 9.97 Å². The van der Waals surface area contributed by atoms with E-state index in [0.29, 0.717) is 23.8 Å². The summed E-state index contributed by atoms with van der Waals surface area (Å²) in [6.45, 7) is 7.86. The maximum Gasteiger partial charge on any atom is 0.226 e. The first-order valence-electron chi connectivity index (χ1n) is 6.99. The summed E-state index contributed by atoms with van der Waals surface area (Å²) >= 11 is 0. The second-order valence-corrected chi connectivity index (χ2v) is 5.27. The molecule has 1 fully saturated rings. The monoisotopic (exact) mass is 265 g/mol. The summed E-state index contributed by atoms with van der Waals surface area (Å²) in [5.41, 5.74) is 0. The molecule has 0 amide bonds. The molecule has 5 nitrogen and oxygen atoms in total. The molecule has 1 saturated heterocycles. The van der Waals surface area contributed by atoms with E-state index in [1.54, 1.807) is 12.3 Å². The van der Waals surface area contributed by atoms with E-state index < -0.39 is 0 Å². The number of rotatable bonds is 5. The van der Waals surface area contributed by atoms with Crippen molar-refractivity contribution >= 4 is 5.95 Å². The first-order valence-corrected chi connectivity index (χ1v) is 6.99. The molecule has 1 atom stereocenters. The van der Waals surface area contributed by atoms with Gasteiger partial charge in [0.2, 0.25) is 11.8 Å². The van der Waals surface area contributed by atoms with Gasteiger partial charge in [-0.2, -0.15) is 4.98 Å². The van der Waals surface area contributed by atoms with Gasteiger partial charge in [-0.1, -0.05) is 0 Å². The molecule has 1 unspecified atom stereocenters. The lowest BCUT2D eigenvalue weighted by molar-refractivity contribution is 0.0621. The fourth-order valence-corrected chi connectivity index (χ4v) is 2.26. The van der Waals surface area contributed by atoms with Crippen LogP contribution in [0.5, 0.6) is 5.88 Å². The lowest BCUT2D eigenvalue weighted by atomic mass is 9.93. The molecule has 0 aliphatic carbocycles. The van der Waals surface area contributed by atoms with E-state index in [2.05, 4.69) is 22.2 Å². The maximum atomic E-state index is 5.57. The van der Waals surface area contributed by atoms with Gasteiger partial charge in [-0.15, -0.1) is 0 Å². The summed E-state index contributed by atoms with van der Waals surface area (Å²) in [7, 11) is 0. The van der Waals surface area contributed by atoms with Gasteiger partial charge in [0, 0.05) is 31.5 Å². The van der Waals surface area contributed by atoms with Crippen molar-refractivity contribution in [2.45, 2.75) is 45.8 Å². The van der Waals surface area contributed by atoms with E-state index in [-0.39, 0.29) is 6.10 Å². The van der Waals surface area contributed by atoms with E-state index in [9.17, 15) is 0 Å². The van der Waals surface area contributed by atoms with Crippen LogP contribution in [0.2, 0.25) is 0 Å². The summed E-state index contributed by atoms with van der Waals surface area (Å²) in [5.74, 6) is 1.87. The van der Waals surface area contributed by atoms with Crippen molar-refractivity contribution in [2.75, 3.05) is 18.5 Å². The van der Waals surface area contributed by atoms with Crippen molar-refractivity contribution in [3.05, 3.63) is 12.3 Å². The van der Waals surface area contributed by atoms with Gasteiger partial charge in [0.25, 0.3) is 0 Å². The minimum absolute atomic E-state index is 0.121. The third kappa shape index (κ3) is 4.35. The van der Waals surface area contributed by atoms with Crippen molar-refractivity contribution < 1.29 is 9.47 Å². The Labute approximate surface area is 114 Å². The van der Waals surface area contributed by atoms with Crippen LogP contribution in [0.25, 0.3) is 0 Å². The Morgan fingerprint density at radius 2 is 2.05 bits per heavy atom. The molecular formula is C14H23N3O2. The molecule has 1 N–H and O–H groups in total. The Morgan fingerprint density at radius 1 is 1.32 bits per heavy atom. The van der Waals surface area contributed by atoms with Crippen LogP contribution in [0.15, 0.2) is 12.3 Å². The van der Waals surface area contributed by atoms with Crippen LogP contribution in [0.1, 0.15) is 33.6 Å². The maximum absolute atomic E-state index is 5.57. The summed E-state index contributed by atoms with van der Waals surface area (Å²) < 4.78 is 11.0. The predicted molar refractivity (Wildman–Crippen MR) is 74.4 cm³/mol. The van der Waals surface area contributed by atoms with Gasteiger partial charge in [0.1, 0.15) is 0 Å². The zero-order valence-corrected chi connectivity index (χ0v) is 11.9. The molecule has 0 spiro atoms. The number of anilines is 1. The smallest absolute Gasteiger partial charge is 0.226 e. The lowest BCUT2D eigenvalue weighted by Gasteiger charge is -2.28. The average Bonchev–Trinajstić information content (AvgIpc) is 2.39. The molecule has 1 aromatic rings. The van der Waals surface area contributed by atoms with E-state index >= 15 is 0 Å². The zero-order chi connectivity index (χ0) is 13.7. The highest BCUT2D eigenvalue weighted by atomic mass is 16.5. The average molecular weight is 265 g/mol. The van der Waals surface area contributed by atoms with Gasteiger partial charge < -0.3 is 14.8 Å². The zero-order valence-electron chi connectivity index (χ0n) is 11.9. The van der Waals surface area contributed by atoms with Gasteiger partial charge in [-0.3, -0.25) is 0 Å². The Balaban J connectivity index is 1.93. The van der Waals surface area contributed by atoms with E-state index in [1.165, 1.54) is 0 Å². The van der Waals surface area contributed by atoms with E-state index in [4.69, 9.17) is 9.47 Å². The van der Waals surface area contributed by atoms with Crippen LogP contribution in [-0.4, -0.2) is 35.3 Å². The highest BCUT2D eigenvalue weighted by molar-refractivity contribution is 5.28. The van der Waals surface area contributed by atoms with E-state index in [1.807, 2.05) is 13.8 Å². The van der Waals surface area contributed by atoms with Crippen molar-refractivity contribution in [1.29, 1.82) is 0 Å². The minimum Gasteiger partial charge on any atom is -0.475 e. The van der Waals surface area contributed by atoms with Crippen LogP contribution in [-0.2, 0) is 4.74 Å². The van der Waals surface area contributed by atoms with Crippen molar-refractivity contribution in [2.24, 2.45) is 5.92 Å². The summed E-state index contributed by atoms with van der Waals surface area (Å²) in [6.07, 6.45) is 4.03. The minimum atomic E-state index is 0.121. The topological polar surface area (TPSA) is 56.3 Å². The van der Waals surface area contributed by atoms with Crippen LogP contribution in [0.3, 0.4) is 0 Å². The molecular weight excluding hydrogens is 242 g/mol. The lowest BCUT2D eigenvalue weighted by Crippen LogP contribution is -2.31. The summed E-state index contributed by atoms with van der Waals surface area (Å²) in [4.78, 5) is 8.62. The molecule has 5 heteroatoms. The Kier molecular flexibility index (Phi) is 4.96.